The summed E-state index contributed by atoms with van der Waals surface area (Å²) >= 11 is 0. The Morgan fingerprint density at radius 1 is 0.344 bits per heavy atom. The minimum absolute atomic E-state index is 0.232. The Morgan fingerprint density at radius 2 is 0.609 bits per heavy atom. The molecular weight excluding hydrogens is 934 g/mol. The van der Waals surface area contributed by atoms with Gasteiger partial charge in [-0.05, 0) is 34.9 Å². The number of fused-ring (bicyclic) bond motifs is 1. The molecule has 0 unspecified atom stereocenters. The summed E-state index contributed by atoms with van der Waals surface area (Å²) in [6.07, 6.45) is -5.43. The molecule has 346 valence electrons. The summed E-state index contributed by atoms with van der Waals surface area (Å²) in [7, 11) is -4.09. The topological polar surface area (TPSA) is 9.23 Å². The molecule has 0 aliphatic heterocycles. The largest absolute Gasteiger partial charge is 0.540 e. The van der Waals surface area contributed by atoms with Crippen molar-refractivity contribution in [2.45, 2.75) is 76.4 Å². The Morgan fingerprint density at radius 3 is 0.938 bits per heavy atom. The summed E-state index contributed by atoms with van der Waals surface area (Å²) < 4.78 is 340. The van der Waals surface area contributed by atoms with E-state index < -0.39 is 192 Å². The highest BCUT2D eigenvalue weighted by Gasteiger charge is 2.54. The first kappa shape index (κ1) is 48.4. The van der Waals surface area contributed by atoms with Gasteiger partial charge in [0.25, 0.3) is 8.32 Å². The van der Waals surface area contributed by atoms with E-state index in [0.717, 1.165) is 0 Å². The van der Waals surface area contributed by atoms with E-state index in [4.69, 9.17) is 4.43 Å². The van der Waals surface area contributed by atoms with Gasteiger partial charge in [0.15, 0.2) is 81.4 Å². The molecule has 0 N–H and O–H groups in total. The van der Waals surface area contributed by atoms with Gasteiger partial charge in [-0.2, -0.15) is 4.39 Å². The van der Waals surface area contributed by atoms with Gasteiger partial charge >= 0.3 is 0 Å². The lowest BCUT2D eigenvalue weighted by Gasteiger charge is -2.47. The highest BCUT2D eigenvalue weighted by Crippen LogP contribution is 2.51. The molecule has 5 aromatic rings. The molecule has 64 heavy (non-hydrogen) atoms. The molecule has 6 rings (SSSR count). The van der Waals surface area contributed by atoms with E-state index in [-0.39, 0.29) is 12.8 Å². The van der Waals surface area contributed by atoms with Crippen LogP contribution in [0, 0.1) is 122 Å². The van der Waals surface area contributed by atoms with Crippen LogP contribution in [0.2, 0.25) is 16.6 Å². The van der Waals surface area contributed by atoms with E-state index in [1.54, 1.807) is 0 Å². The van der Waals surface area contributed by atoms with Crippen molar-refractivity contribution in [3.63, 3.8) is 0 Å². The van der Waals surface area contributed by atoms with Crippen LogP contribution in [0.5, 0.6) is 5.75 Å². The molecule has 0 amide bonds. The number of halogens is 21. The van der Waals surface area contributed by atoms with Crippen LogP contribution in [0.4, 0.5) is 92.2 Å². The van der Waals surface area contributed by atoms with Gasteiger partial charge in [-0.15, -0.1) is 21.9 Å². The summed E-state index contributed by atoms with van der Waals surface area (Å²) in [4.78, 5) is 0. The first-order valence-corrected chi connectivity index (χ1v) is 20.9. The van der Waals surface area contributed by atoms with Crippen molar-refractivity contribution in [1.82, 2.24) is 0 Å². The molecule has 0 atom stereocenters. The SMILES string of the molecule is CC(C)[Si](Oc1c(F)c(F)c(F)c2c([B-](c3c(F)c(F)c(F)c(F)c3F)(c3c(F)c(F)c(F)c(F)c3F)c3c(F)c(F)c(F)c(F)c3F)c(F)c(F)c(F)c12)(C(C)C)C1CCCCC1. The Hall–Kier alpha value is -5.03. The van der Waals surface area contributed by atoms with Crippen LogP contribution in [0.1, 0.15) is 59.8 Å². The fourth-order valence-electron chi connectivity index (χ4n) is 9.57. The minimum atomic E-state index is -7.39. The van der Waals surface area contributed by atoms with E-state index in [9.17, 15) is 13.2 Å². The van der Waals surface area contributed by atoms with Crippen molar-refractivity contribution in [3.05, 3.63) is 122 Å². The lowest BCUT2D eigenvalue weighted by Crippen LogP contribution is -2.80. The third kappa shape index (κ3) is 6.48. The van der Waals surface area contributed by atoms with E-state index in [2.05, 4.69) is 0 Å². The standard InChI is InChI=1S/C40H25BF21OSi/c1-10(2)64(11(3)4,12-8-6-5-7-9-12)63-40-14-13(19(42)29(52)39(40)62)15(21(44)28(51)20(14)43)41(16-22(45)30(53)36(59)31(54)23(16)46,17-24(47)32(55)37(60)33(56)25(17)48)18-26(49)34(57)38(61)35(58)27(18)50/h10-12H,5-9H2,1-4H3/q-1. The van der Waals surface area contributed by atoms with Crippen LogP contribution >= 0.6 is 0 Å². The van der Waals surface area contributed by atoms with E-state index in [1.165, 1.54) is 27.7 Å². The van der Waals surface area contributed by atoms with Crippen LogP contribution in [-0.2, 0) is 0 Å². The summed E-state index contributed by atoms with van der Waals surface area (Å²) in [6, 6.07) is 0. The fourth-order valence-corrected chi connectivity index (χ4v) is 15.3. The van der Waals surface area contributed by atoms with Crippen molar-refractivity contribution in [2.75, 3.05) is 0 Å². The Kier molecular flexibility index (Phi) is 12.7. The highest BCUT2D eigenvalue weighted by molar-refractivity contribution is 7.21. The van der Waals surface area contributed by atoms with Crippen LogP contribution in [0.25, 0.3) is 10.8 Å². The summed E-state index contributed by atoms with van der Waals surface area (Å²) in [5.74, 6) is -75.0. The highest BCUT2D eigenvalue weighted by atomic mass is 28.4. The van der Waals surface area contributed by atoms with E-state index in [1.807, 2.05) is 0 Å². The average Bonchev–Trinajstić information content (AvgIpc) is 3.26. The smallest absolute Gasteiger partial charge is 0.259 e. The van der Waals surface area contributed by atoms with Crippen molar-refractivity contribution in [2.24, 2.45) is 0 Å². The fraction of sp³-hybridized carbons (Fsp3) is 0.300. The number of rotatable bonds is 9. The molecule has 1 aliphatic rings. The molecule has 0 heterocycles. The molecule has 24 heteroatoms. The minimum Gasteiger partial charge on any atom is -0.540 e. The third-order valence-corrected chi connectivity index (χ3v) is 18.2. The zero-order valence-corrected chi connectivity index (χ0v) is 33.7. The second-order valence-corrected chi connectivity index (χ2v) is 20.8. The molecular formula is C40H25BF21OSi-. The molecule has 0 spiro atoms. The van der Waals surface area contributed by atoms with E-state index >= 15 is 79.0 Å². The number of hydrogen-bond donors (Lipinski definition) is 0. The first-order chi connectivity index (χ1) is 29.7. The summed E-state index contributed by atoms with van der Waals surface area (Å²) in [5, 5.41) is -5.26. The number of benzene rings is 5. The molecule has 1 fully saturated rings. The van der Waals surface area contributed by atoms with Gasteiger partial charge in [-0.1, -0.05) is 47.0 Å². The van der Waals surface area contributed by atoms with Gasteiger partial charge in [-0.3, -0.25) is 0 Å². The lowest BCUT2D eigenvalue weighted by atomic mass is 9.12. The average molecular weight is 959 g/mol. The molecule has 0 radical (unpaired) electrons. The second-order valence-electron chi connectivity index (χ2n) is 15.8. The molecule has 1 saturated carbocycles. The quantitative estimate of drug-likeness (QED) is 0.0619. The van der Waals surface area contributed by atoms with Crippen molar-refractivity contribution in [1.29, 1.82) is 0 Å². The van der Waals surface area contributed by atoms with Crippen LogP contribution < -0.4 is 26.3 Å². The second kappa shape index (κ2) is 16.8. The molecule has 1 nitrogen and oxygen atoms in total. The Labute approximate surface area is 347 Å². The van der Waals surface area contributed by atoms with Gasteiger partial charge in [0.2, 0.25) is 5.82 Å². The first-order valence-electron chi connectivity index (χ1n) is 18.8. The summed E-state index contributed by atoms with van der Waals surface area (Å²) in [5.41, 5.74) is -16.4. The Balaban J connectivity index is 2.11. The van der Waals surface area contributed by atoms with Gasteiger partial charge < -0.3 is 4.43 Å². The molecule has 1 aliphatic carbocycles. The molecule has 0 bridgehead atoms. The Bertz CT molecular complexity index is 2520. The maximum absolute atomic E-state index is 17.1. The zero-order valence-electron chi connectivity index (χ0n) is 32.7. The molecule has 0 saturated heterocycles. The van der Waals surface area contributed by atoms with Gasteiger partial charge in [-0.25, -0.2) is 87.8 Å². The monoisotopic (exact) mass is 959 g/mol. The predicted octanol–water partition coefficient (Wildman–Crippen LogP) is 11.6. The van der Waals surface area contributed by atoms with Crippen molar-refractivity contribution < 1.29 is 96.6 Å². The van der Waals surface area contributed by atoms with Crippen LogP contribution in [-0.4, -0.2) is 14.5 Å². The molecule has 5 aromatic carbocycles. The van der Waals surface area contributed by atoms with Crippen molar-refractivity contribution in [3.8, 4) is 5.75 Å². The van der Waals surface area contributed by atoms with Crippen molar-refractivity contribution >= 4 is 47.1 Å². The van der Waals surface area contributed by atoms with E-state index in [0.29, 0.717) is 19.3 Å². The molecule has 0 aromatic heterocycles. The predicted molar refractivity (Wildman–Crippen MR) is 190 cm³/mol. The normalized spacial score (nSPS) is 14.2. The summed E-state index contributed by atoms with van der Waals surface area (Å²) in [6.45, 7) is 5.75. The third-order valence-electron chi connectivity index (χ3n) is 12.2. The van der Waals surface area contributed by atoms with Gasteiger partial charge in [0.05, 0.1) is 5.39 Å². The lowest BCUT2D eigenvalue weighted by molar-refractivity contribution is 0.379. The van der Waals surface area contributed by atoms with Gasteiger partial charge in [0.1, 0.15) is 46.9 Å². The van der Waals surface area contributed by atoms with Gasteiger partial charge in [0, 0.05) is 0 Å². The maximum atomic E-state index is 17.1. The number of hydrogen-bond acceptors (Lipinski definition) is 1. The maximum Gasteiger partial charge on any atom is 0.259 e. The zero-order chi connectivity index (χ0) is 48.1. The van der Waals surface area contributed by atoms with Crippen LogP contribution in [0.15, 0.2) is 0 Å². The van der Waals surface area contributed by atoms with Crippen LogP contribution in [0.3, 0.4) is 0 Å².